The summed E-state index contributed by atoms with van der Waals surface area (Å²) in [5.41, 5.74) is 0.0561. The normalized spacial score (nSPS) is 30.5. The molecule has 12 heteroatoms. The van der Waals surface area contributed by atoms with E-state index in [2.05, 4.69) is 52.4 Å². The summed E-state index contributed by atoms with van der Waals surface area (Å²) in [7, 11) is 0. The number of hydrogen-bond acceptors (Lipinski definition) is 12. The zero-order valence-corrected chi connectivity index (χ0v) is 29.7. The van der Waals surface area contributed by atoms with Gasteiger partial charge in [0, 0.05) is 13.2 Å². The maximum atomic E-state index is 10.3. The van der Waals surface area contributed by atoms with Crippen LogP contribution in [0.3, 0.4) is 0 Å². The number of nitrogens with zero attached hydrogens (tertiary/aromatic N) is 4. The van der Waals surface area contributed by atoms with Crippen molar-refractivity contribution in [3.8, 4) is 0 Å². The van der Waals surface area contributed by atoms with Crippen LogP contribution >= 0.6 is 0 Å². The molecule has 0 aromatic heterocycles. The number of aliphatic imine (C=N–C) groups is 4. The van der Waals surface area contributed by atoms with Crippen molar-refractivity contribution in [3.63, 3.8) is 0 Å². The lowest BCUT2D eigenvalue weighted by Crippen LogP contribution is -2.39. The van der Waals surface area contributed by atoms with Crippen molar-refractivity contribution in [3.05, 3.63) is 0 Å². The standard InChI is InChI=1S/C15H22N2O2.C12H18N2O2.C4H10O2.C3H6O.C2H4O/c18-10-16-14-5-1-12(2-6-14)9-13-3-7-15(8-4-13)17-11-19;1-11(2)4-10(14-9-16)5-12(3,6-11)7-13-8-15;5-3-1-2-4-6;1-3-2-4-3;1-2-3-1/h12-15H,1-9H2;10H,4-7H2,1-3H3;5-6H,1-4H2;3H,2H2,1H3;1-2H2. The van der Waals surface area contributed by atoms with Crippen LogP contribution in [-0.2, 0) is 28.7 Å². The van der Waals surface area contributed by atoms with Crippen LogP contribution < -0.4 is 0 Å². The fraction of sp³-hybridized carbons (Fsp3) is 0.889. The molecule has 0 bridgehead atoms. The lowest BCUT2D eigenvalue weighted by Gasteiger charge is -2.44. The zero-order chi connectivity index (χ0) is 35.7. The summed E-state index contributed by atoms with van der Waals surface area (Å²) >= 11 is 0. The molecule has 48 heavy (non-hydrogen) atoms. The van der Waals surface area contributed by atoms with Crippen molar-refractivity contribution in [1.29, 1.82) is 0 Å². The third-order valence-electron chi connectivity index (χ3n) is 9.22. The molecule has 0 aromatic carbocycles. The first-order valence-electron chi connectivity index (χ1n) is 17.7. The lowest BCUT2D eigenvalue weighted by atomic mass is 9.63. The molecule has 0 aromatic rings. The molecule has 5 aliphatic rings. The van der Waals surface area contributed by atoms with Gasteiger partial charge >= 0.3 is 0 Å². The molecule has 3 saturated carbocycles. The summed E-state index contributed by atoms with van der Waals surface area (Å²) < 4.78 is 9.21. The van der Waals surface area contributed by atoms with E-state index >= 15 is 0 Å². The number of aliphatic hydroxyl groups is 2. The van der Waals surface area contributed by atoms with E-state index in [0.29, 0.717) is 12.6 Å². The highest BCUT2D eigenvalue weighted by Crippen LogP contribution is 2.47. The topological polar surface area (TPSA) is 183 Å². The Kier molecular flexibility index (Phi) is 22.9. The van der Waals surface area contributed by atoms with Gasteiger partial charge in [-0.3, -0.25) is 0 Å². The smallest absolute Gasteiger partial charge is 0.235 e. The minimum Gasteiger partial charge on any atom is -0.396 e. The molecule has 2 heterocycles. The highest BCUT2D eigenvalue weighted by atomic mass is 16.6. The first kappa shape index (κ1) is 43.4. The number of epoxide rings is 2. The molecule has 5 fully saturated rings. The van der Waals surface area contributed by atoms with E-state index in [0.717, 1.165) is 89.4 Å². The molecule has 3 atom stereocenters. The van der Waals surface area contributed by atoms with Crippen molar-refractivity contribution in [2.45, 2.75) is 142 Å². The number of ether oxygens (including phenoxy) is 2. The van der Waals surface area contributed by atoms with Crippen molar-refractivity contribution >= 4 is 24.3 Å². The number of carbonyl (C=O) groups excluding carboxylic acids is 4. The van der Waals surface area contributed by atoms with Gasteiger partial charge in [-0.2, -0.15) is 0 Å². The second kappa shape index (κ2) is 25.3. The Hall–Kier alpha value is -2.64. The Morgan fingerprint density at radius 3 is 1.44 bits per heavy atom. The maximum absolute atomic E-state index is 10.3. The minimum absolute atomic E-state index is 0.00750. The molecule has 0 amide bonds. The van der Waals surface area contributed by atoms with E-state index in [1.54, 1.807) is 24.3 Å². The molecule has 2 N–H and O–H groups in total. The predicted molar refractivity (Wildman–Crippen MR) is 183 cm³/mol. The molecule has 272 valence electrons. The van der Waals surface area contributed by atoms with E-state index < -0.39 is 0 Å². The Morgan fingerprint density at radius 2 is 1.10 bits per heavy atom. The lowest BCUT2D eigenvalue weighted by molar-refractivity contribution is 0.0915. The van der Waals surface area contributed by atoms with E-state index in [4.69, 9.17) is 14.9 Å². The van der Waals surface area contributed by atoms with Crippen LogP contribution in [0, 0.1) is 22.7 Å². The summed E-state index contributed by atoms with van der Waals surface area (Å²) in [6, 6.07) is 0.464. The Labute approximate surface area is 287 Å². The minimum atomic E-state index is -0.0653. The molecule has 5 rings (SSSR count). The summed E-state index contributed by atoms with van der Waals surface area (Å²) in [6.07, 6.45) is 21.5. The number of rotatable bonds is 10. The summed E-state index contributed by atoms with van der Waals surface area (Å²) in [4.78, 5) is 56.2. The molecule has 0 spiro atoms. The van der Waals surface area contributed by atoms with Gasteiger partial charge in [-0.05, 0) is 119 Å². The van der Waals surface area contributed by atoms with Crippen molar-refractivity contribution < 1.29 is 38.9 Å². The summed E-state index contributed by atoms with van der Waals surface area (Å²) in [5.74, 6) is 1.60. The SMILES string of the molecule is C1CO1.CC1(C)CC(N=C=O)CC(C)(CN=C=O)C1.CC1CO1.O=C=NC1CCC(CC2CCC(N=C=O)CC2)CC1.OCCCCO. The number of hydrogen-bond donors (Lipinski definition) is 2. The predicted octanol–water partition coefficient (Wildman–Crippen LogP) is 5.58. The molecule has 0 radical (unpaired) electrons. The zero-order valence-electron chi connectivity index (χ0n) is 29.7. The molecule has 2 saturated heterocycles. The van der Waals surface area contributed by atoms with Crippen molar-refractivity contribution in [1.82, 2.24) is 0 Å². The molecule has 3 unspecified atom stereocenters. The summed E-state index contributed by atoms with van der Waals surface area (Å²) in [5, 5.41) is 16.2. The van der Waals surface area contributed by atoms with Gasteiger partial charge in [0.2, 0.25) is 24.3 Å². The number of isocyanates is 4. The Bertz CT molecular complexity index is 1020. The Morgan fingerprint density at radius 1 is 0.688 bits per heavy atom. The first-order valence-corrected chi connectivity index (χ1v) is 17.7. The van der Waals surface area contributed by atoms with Gasteiger partial charge in [0.05, 0.1) is 50.6 Å². The van der Waals surface area contributed by atoms with Crippen LogP contribution in [0.15, 0.2) is 20.0 Å². The molecular formula is C36H60N4O8. The average Bonchev–Trinajstić information content (AvgIpc) is 3.98. The van der Waals surface area contributed by atoms with Gasteiger partial charge in [0.15, 0.2) is 0 Å². The van der Waals surface area contributed by atoms with Crippen LogP contribution in [0.1, 0.15) is 118 Å². The van der Waals surface area contributed by atoms with E-state index in [1.807, 2.05) is 0 Å². The largest absolute Gasteiger partial charge is 0.396 e. The van der Waals surface area contributed by atoms with Crippen LogP contribution in [-0.4, -0.2) is 98.3 Å². The highest BCUT2D eigenvalue weighted by Gasteiger charge is 2.41. The second-order valence-electron chi connectivity index (χ2n) is 14.8. The van der Waals surface area contributed by atoms with Gasteiger partial charge < -0.3 is 19.7 Å². The number of unbranched alkanes of at least 4 members (excludes halogenated alkanes) is 1. The van der Waals surface area contributed by atoms with Crippen molar-refractivity contribution in [2.24, 2.45) is 42.6 Å². The van der Waals surface area contributed by atoms with Gasteiger partial charge in [-0.1, -0.05) is 20.8 Å². The molecule has 12 nitrogen and oxygen atoms in total. The maximum Gasteiger partial charge on any atom is 0.235 e. The molecule has 2 aliphatic heterocycles. The highest BCUT2D eigenvalue weighted by molar-refractivity contribution is 5.34. The third-order valence-corrected chi connectivity index (χ3v) is 9.22. The first-order chi connectivity index (χ1) is 23.0. The summed E-state index contributed by atoms with van der Waals surface area (Å²) in [6.45, 7) is 12.3. The molecule has 3 aliphatic carbocycles. The average molecular weight is 677 g/mol. The number of aliphatic hydroxyl groups excluding tert-OH is 2. The van der Waals surface area contributed by atoms with Crippen LogP contribution in [0.5, 0.6) is 0 Å². The van der Waals surface area contributed by atoms with Crippen LogP contribution in [0.25, 0.3) is 0 Å². The van der Waals surface area contributed by atoms with Gasteiger partial charge in [-0.25, -0.2) is 39.1 Å². The second-order valence-corrected chi connectivity index (χ2v) is 14.8. The fourth-order valence-corrected chi connectivity index (χ4v) is 7.05. The fourth-order valence-electron chi connectivity index (χ4n) is 7.05. The molecular weight excluding hydrogens is 616 g/mol. The quantitative estimate of drug-likeness (QED) is 0.130. The van der Waals surface area contributed by atoms with E-state index in [1.165, 1.54) is 32.1 Å². The Balaban J connectivity index is 0.000000352. The van der Waals surface area contributed by atoms with Gasteiger partial charge in [0.1, 0.15) is 0 Å². The van der Waals surface area contributed by atoms with Crippen molar-refractivity contribution in [2.75, 3.05) is 39.6 Å². The van der Waals surface area contributed by atoms with Gasteiger partial charge in [-0.15, -0.1) is 0 Å². The van der Waals surface area contributed by atoms with Gasteiger partial charge in [0.25, 0.3) is 0 Å². The van der Waals surface area contributed by atoms with E-state index in [9.17, 15) is 19.2 Å². The third kappa shape index (κ3) is 22.8. The van der Waals surface area contributed by atoms with E-state index in [-0.39, 0.29) is 42.2 Å². The van der Waals surface area contributed by atoms with Crippen LogP contribution in [0.4, 0.5) is 0 Å². The monoisotopic (exact) mass is 676 g/mol. The van der Waals surface area contributed by atoms with Crippen LogP contribution in [0.2, 0.25) is 0 Å².